The molecular formula is C14H20ClNO3S. The van der Waals surface area contributed by atoms with Crippen LogP contribution in [0, 0.1) is 6.92 Å². The Hall–Kier alpha value is -1.07. The summed E-state index contributed by atoms with van der Waals surface area (Å²) in [5.74, 6) is -0.177. The van der Waals surface area contributed by atoms with Gasteiger partial charge in [-0.3, -0.25) is 4.79 Å². The van der Waals surface area contributed by atoms with E-state index in [0.29, 0.717) is 17.7 Å². The molecule has 0 saturated carbocycles. The fraction of sp³-hybridized carbons (Fsp3) is 0.500. The summed E-state index contributed by atoms with van der Waals surface area (Å²) in [5.41, 5.74) is 0.875. The molecule has 0 heterocycles. The van der Waals surface area contributed by atoms with Gasteiger partial charge in [-0.2, -0.15) is 0 Å². The predicted molar refractivity (Wildman–Crippen MR) is 80.7 cm³/mol. The highest BCUT2D eigenvalue weighted by Crippen LogP contribution is 2.22. The zero-order chi connectivity index (χ0) is 15.5. The summed E-state index contributed by atoms with van der Waals surface area (Å²) in [6, 6.07) is 4.69. The maximum Gasteiger partial charge on any atom is 0.261 e. The Balaban J connectivity index is 3.24. The van der Waals surface area contributed by atoms with Gasteiger partial charge in [0.05, 0.1) is 4.90 Å². The second kappa shape index (κ2) is 6.59. The van der Waals surface area contributed by atoms with Crippen molar-refractivity contribution in [2.45, 2.75) is 45.1 Å². The van der Waals surface area contributed by atoms with E-state index < -0.39 is 9.05 Å². The first kappa shape index (κ1) is 17.0. The van der Waals surface area contributed by atoms with Crippen molar-refractivity contribution in [1.29, 1.82) is 0 Å². The Morgan fingerprint density at radius 1 is 1.35 bits per heavy atom. The lowest BCUT2D eigenvalue weighted by atomic mass is 10.1. The molecule has 6 heteroatoms. The zero-order valence-electron chi connectivity index (χ0n) is 12.2. The van der Waals surface area contributed by atoms with E-state index in [1.54, 1.807) is 24.0 Å². The molecule has 0 bridgehead atoms. The second-order valence-corrected chi connectivity index (χ2v) is 7.30. The molecule has 0 radical (unpaired) electrons. The molecule has 0 spiro atoms. The van der Waals surface area contributed by atoms with E-state index in [-0.39, 0.29) is 16.8 Å². The number of nitrogens with zero attached hydrogens (tertiary/aromatic N) is 1. The molecule has 0 fully saturated rings. The summed E-state index contributed by atoms with van der Waals surface area (Å²) in [5, 5.41) is 0. The highest BCUT2D eigenvalue weighted by atomic mass is 35.7. The van der Waals surface area contributed by atoms with Gasteiger partial charge in [0.25, 0.3) is 15.0 Å². The first-order chi connectivity index (χ1) is 9.22. The van der Waals surface area contributed by atoms with Crippen molar-refractivity contribution in [2.24, 2.45) is 0 Å². The predicted octanol–water partition coefficient (Wildman–Crippen LogP) is 3.18. The fourth-order valence-electron chi connectivity index (χ4n) is 2.04. The minimum atomic E-state index is -3.85. The van der Waals surface area contributed by atoms with Crippen LogP contribution in [0.2, 0.25) is 0 Å². The lowest BCUT2D eigenvalue weighted by molar-refractivity contribution is 0.0699. The third-order valence-electron chi connectivity index (χ3n) is 3.42. The number of carbonyl (C=O) groups is 1. The second-order valence-electron chi connectivity index (χ2n) is 4.77. The van der Waals surface area contributed by atoms with Gasteiger partial charge in [0.2, 0.25) is 0 Å². The van der Waals surface area contributed by atoms with Crippen molar-refractivity contribution in [1.82, 2.24) is 4.90 Å². The Morgan fingerprint density at radius 3 is 2.40 bits per heavy atom. The highest BCUT2D eigenvalue weighted by molar-refractivity contribution is 8.13. The standard InChI is InChI=1S/C14H20ClNO3S/c1-5-11(4)16(6-2)14(17)12-8-7-10(3)13(9-12)20(15,18)19/h7-9,11H,5-6H2,1-4H3. The van der Waals surface area contributed by atoms with Gasteiger partial charge in [-0.25, -0.2) is 8.42 Å². The van der Waals surface area contributed by atoms with E-state index in [4.69, 9.17) is 10.7 Å². The fourth-order valence-corrected chi connectivity index (χ4v) is 3.26. The molecule has 0 N–H and O–H groups in total. The average Bonchev–Trinajstić information content (AvgIpc) is 2.38. The smallest absolute Gasteiger partial charge is 0.261 e. The van der Waals surface area contributed by atoms with Gasteiger partial charge in [0, 0.05) is 28.8 Å². The van der Waals surface area contributed by atoms with E-state index in [1.165, 1.54) is 6.07 Å². The zero-order valence-corrected chi connectivity index (χ0v) is 13.8. The number of carbonyl (C=O) groups excluding carboxylic acids is 1. The van der Waals surface area contributed by atoms with Gasteiger partial charge >= 0.3 is 0 Å². The first-order valence-electron chi connectivity index (χ1n) is 6.58. The third-order valence-corrected chi connectivity index (χ3v) is 4.89. The molecule has 20 heavy (non-hydrogen) atoms. The number of rotatable bonds is 5. The number of amides is 1. The summed E-state index contributed by atoms with van der Waals surface area (Å²) >= 11 is 0. The van der Waals surface area contributed by atoms with Crippen molar-refractivity contribution >= 4 is 25.6 Å². The normalized spacial score (nSPS) is 13.1. The molecule has 0 saturated heterocycles. The number of aryl methyl sites for hydroxylation is 1. The van der Waals surface area contributed by atoms with Crippen LogP contribution in [0.5, 0.6) is 0 Å². The van der Waals surface area contributed by atoms with E-state index in [9.17, 15) is 13.2 Å². The molecule has 1 aromatic rings. The molecule has 1 rings (SSSR count). The summed E-state index contributed by atoms with van der Waals surface area (Å²) < 4.78 is 23.0. The monoisotopic (exact) mass is 317 g/mol. The van der Waals surface area contributed by atoms with Gasteiger partial charge in [0.15, 0.2) is 0 Å². The lowest BCUT2D eigenvalue weighted by Gasteiger charge is -2.27. The van der Waals surface area contributed by atoms with Crippen molar-refractivity contribution in [2.75, 3.05) is 6.54 Å². The molecular weight excluding hydrogens is 298 g/mol. The quantitative estimate of drug-likeness (QED) is 0.784. The molecule has 0 aliphatic carbocycles. The van der Waals surface area contributed by atoms with Crippen molar-refractivity contribution in [3.63, 3.8) is 0 Å². The minimum Gasteiger partial charge on any atom is -0.336 e. The van der Waals surface area contributed by atoms with Crippen molar-refractivity contribution in [3.8, 4) is 0 Å². The maximum absolute atomic E-state index is 12.5. The minimum absolute atomic E-state index is 0.00905. The summed E-state index contributed by atoms with van der Waals surface area (Å²) in [6.45, 7) is 8.09. The summed E-state index contributed by atoms with van der Waals surface area (Å²) in [6.07, 6.45) is 0.839. The van der Waals surface area contributed by atoms with Crippen LogP contribution < -0.4 is 0 Å². The molecule has 1 atom stereocenters. The van der Waals surface area contributed by atoms with Crippen LogP contribution in [-0.4, -0.2) is 31.8 Å². The third kappa shape index (κ3) is 3.73. The Labute approximate surface area is 125 Å². The van der Waals surface area contributed by atoms with Crippen LogP contribution in [0.15, 0.2) is 23.1 Å². The number of hydrogen-bond acceptors (Lipinski definition) is 3. The number of hydrogen-bond donors (Lipinski definition) is 0. The first-order valence-corrected chi connectivity index (χ1v) is 8.89. The molecule has 0 aromatic heterocycles. The molecule has 1 unspecified atom stereocenters. The average molecular weight is 318 g/mol. The number of benzene rings is 1. The van der Waals surface area contributed by atoms with Crippen LogP contribution in [0.1, 0.15) is 43.1 Å². The van der Waals surface area contributed by atoms with Crippen LogP contribution in [-0.2, 0) is 9.05 Å². The topological polar surface area (TPSA) is 54.5 Å². The largest absolute Gasteiger partial charge is 0.336 e. The molecule has 1 amide bonds. The highest BCUT2D eigenvalue weighted by Gasteiger charge is 2.21. The van der Waals surface area contributed by atoms with Crippen LogP contribution >= 0.6 is 10.7 Å². The Bertz CT molecular complexity index is 598. The summed E-state index contributed by atoms with van der Waals surface area (Å²) in [4.78, 5) is 14.2. The van der Waals surface area contributed by atoms with E-state index >= 15 is 0 Å². The van der Waals surface area contributed by atoms with Gasteiger partial charge in [-0.1, -0.05) is 13.0 Å². The number of halogens is 1. The maximum atomic E-state index is 12.5. The van der Waals surface area contributed by atoms with Crippen molar-refractivity contribution < 1.29 is 13.2 Å². The Morgan fingerprint density at radius 2 is 1.95 bits per heavy atom. The molecule has 1 aromatic carbocycles. The molecule has 0 aliphatic heterocycles. The van der Waals surface area contributed by atoms with Crippen LogP contribution in [0.4, 0.5) is 0 Å². The van der Waals surface area contributed by atoms with Gasteiger partial charge in [-0.05, 0) is 44.9 Å². The van der Waals surface area contributed by atoms with Gasteiger partial charge in [-0.15, -0.1) is 0 Å². The van der Waals surface area contributed by atoms with Gasteiger partial charge < -0.3 is 4.90 Å². The van der Waals surface area contributed by atoms with Crippen LogP contribution in [0.25, 0.3) is 0 Å². The molecule has 0 aliphatic rings. The SMILES string of the molecule is CCC(C)N(CC)C(=O)c1ccc(C)c(S(=O)(=O)Cl)c1. The summed E-state index contributed by atoms with van der Waals surface area (Å²) in [7, 11) is 1.54. The lowest BCUT2D eigenvalue weighted by Crippen LogP contribution is -2.38. The molecule has 112 valence electrons. The van der Waals surface area contributed by atoms with E-state index in [2.05, 4.69) is 0 Å². The van der Waals surface area contributed by atoms with E-state index in [1.807, 2.05) is 20.8 Å². The van der Waals surface area contributed by atoms with Crippen molar-refractivity contribution in [3.05, 3.63) is 29.3 Å². The van der Waals surface area contributed by atoms with Crippen LogP contribution in [0.3, 0.4) is 0 Å². The van der Waals surface area contributed by atoms with E-state index in [0.717, 1.165) is 6.42 Å². The van der Waals surface area contributed by atoms with Gasteiger partial charge in [0.1, 0.15) is 0 Å². The Kier molecular flexibility index (Phi) is 5.59. The molecule has 4 nitrogen and oxygen atoms in total.